The Labute approximate surface area is 103 Å². The van der Waals surface area contributed by atoms with Crippen molar-refractivity contribution in [1.29, 1.82) is 0 Å². The van der Waals surface area contributed by atoms with Crippen LogP contribution in [-0.4, -0.2) is 15.0 Å². The molecule has 0 fully saturated rings. The fraction of sp³-hybridized carbons (Fsp3) is 0. The highest BCUT2D eigenvalue weighted by atomic mass is 35.5. The molecule has 0 aliphatic heterocycles. The van der Waals surface area contributed by atoms with Gasteiger partial charge in [-0.05, 0) is 24.3 Å². The van der Waals surface area contributed by atoms with Crippen molar-refractivity contribution in [3.8, 4) is 0 Å². The smallest absolute Gasteiger partial charge is 0.207 e. The molecule has 2 heterocycles. The zero-order chi connectivity index (χ0) is 11.7. The fourth-order valence-electron chi connectivity index (χ4n) is 1.59. The number of pyridine rings is 1. The van der Waals surface area contributed by atoms with Gasteiger partial charge >= 0.3 is 0 Å². The van der Waals surface area contributed by atoms with Crippen LogP contribution in [0.25, 0.3) is 11.2 Å². The summed E-state index contributed by atoms with van der Waals surface area (Å²) in [7, 11) is 0. The van der Waals surface area contributed by atoms with Crippen LogP contribution in [0.2, 0.25) is 5.15 Å². The van der Waals surface area contributed by atoms with Gasteiger partial charge in [0.15, 0.2) is 5.65 Å². The Hall–Kier alpha value is -2.07. The molecular formula is C12H9ClN4. The molecule has 4 nitrogen and oxygen atoms in total. The van der Waals surface area contributed by atoms with Crippen LogP contribution in [0.1, 0.15) is 0 Å². The van der Waals surface area contributed by atoms with Crippen LogP contribution >= 0.6 is 11.6 Å². The number of aromatic nitrogens is 3. The van der Waals surface area contributed by atoms with Gasteiger partial charge in [-0.2, -0.15) is 4.98 Å². The standard InChI is InChI=1S/C12H9ClN4/c13-10-7-6-9-11(16-10)17-12(15-9)14-8-4-2-1-3-5-8/h1-7H,(H2,14,15,16,17). The summed E-state index contributed by atoms with van der Waals surface area (Å²) in [4.78, 5) is 11.6. The van der Waals surface area contributed by atoms with E-state index >= 15 is 0 Å². The predicted octanol–water partition coefficient (Wildman–Crippen LogP) is 3.35. The second-order valence-corrected chi connectivity index (χ2v) is 3.97. The highest BCUT2D eigenvalue weighted by molar-refractivity contribution is 6.29. The van der Waals surface area contributed by atoms with Crippen LogP contribution in [0.15, 0.2) is 42.5 Å². The quantitative estimate of drug-likeness (QED) is 0.680. The Balaban J connectivity index is 1.96. The number of nitrogens with zero attached hydrogens (tertiary/aromatic N) is 2. The summed E-state index contributed by atoms with van der Waals surface area (Å²) in [6.45, 7) is 0. The van der Waals surface area contributed by atoms with Crippen molar-refractivity contribution < 1.29 is 0 Å². The van der Waals surface area contributed by atoms with Crippen LogP contribution in [0.4, 0.5) is 11.6 Å². The lowest BCUT2D eigenvalue weighted by Crippen LogP contribution is -1.91. The van der Waals surface area contributed by atoms with Crippen molar-refractivity contribution in [2.24, 2.45) is 0 Å². The van der Waals surface area contributed by atoms with Crippen molar-refractivity contribution in [1.82, 2.24) is 15.0 Å². The lowest BCUT2D eigenvalue weighted by Gasteiger charge is -2.00. The van der Waals surface area contributed by atoms with Crippen molar-refractivity contribution in [2.75, 3.05) is 5.32 Å². The molecule has 2 aromatic heterocycles. The van der Waals surface area contributed by atoms with E-state index in [2.05, 4.69) is 20.3 Å². The Bertz CT molecular complexity index is 648. The van der Waals surface area contributed by atoms with Crippen LogP contribution in [0, 0.1) is 0 Å². The number of aromatic amines is 1. The second-order valence-electron chi connectivity index (χ2n) is 3.58. The zero-order valence-corrected chi connectivity index (χ0v) is 9.57. The van der Waals surface area contributed by atoms with Crippen molar-refractivity contribution >= 4 is 34.4 Å². The third-order valence-corrected chi connectivity index (χ3v) is 2.56. The van der Waals surface area contributed by atoms with Crippen molar-refractivity contribution in [2.45, 2.75) is 0 Å². The molecule has 0 aliphatic carbocycles. The minimum atomic E-state index is 0.440. The van der Waals surface area contributed by atoms with Gasteiger partial charge in [-0.25, -0.2) is 4.98 Å². The van der Waals surface area contributed by atoms with Crippen LogP contribution in [-0.2, 0) is 0 Å². The number of imidazole rings is 1. The maximum atomic E-state index is 5.80. The van der Waals surface area contributed by atoms with E-state index < -0.39 is 0 Å². The number of rotatable bonds is 2. The summed E-state index contributed by atoms with van der Waals surface area (Å²) in [5.41, 5.74) is 2.43. The molecule has 0 amide bonds. The van der Waals surface area contributed by atoms with Gasteiger partial charge in [-0.1, -0.05) is 29.8 Å². The molecule has 0 unspecified atom stereocenters. The first-order valence-corrected chi connectivity index (χ1v) is 5.53. The van der Waals surface area contributed by atoms with Gasteiger partial charge < -0.3 is 10.3 Å². The molecule has 0 spiro atoms. The lowest BCUT2D eigenvalue weighted by molar-refractivity contribution is 1.28. The number of fused-ring (bicyclic) bond motifs is 1. The van der Waals surface area contributed by atoms with Gasteiger partial charge in [-0.15, -0.1) is 0 Å². The molecule has 0 radical (unpaired) electrons. The zero-order valence-electron chi connectivity index (χ0n) is 8.81. The number of anilines is 2. The third kappa shape index (κ3) is 2.07. The summed E-state index contributed by atoms with van der Waals surface area (Å²) < 4.78 is 0. The van der Waals surface area contributed by atoms with E-state index in [1.807, 2.05) is 36.4 Å². The van der Waals surface area contributed by atoms with E-state index in [-0.39, 0.29) is 0 Å². The number of benzene rings is 1. The van der Waals surface area contributed by atoms with Gasteiger partial charge in [0, 0.05) is 5.69 Å². The molecule has 3 rings (SSSR count). The normalized spacial score (nSPS) is 10.6. The summed E-state index contributed by atoms with van der Waals surface area (Å²) in [5.74, 6) is 0.654. The summed E-state index contributed by atoms with van der Waals surface area (Å²) >= 11 is 5.80. The molecule has 0 aliphatic rings. The number of hydrogen-bond acceptors (Lipinski definition) is 3. The first-order chi connectivity index (χ1) is 8.31. The van der Waals surface area contributed by atoms with Crippen LogP contribution < -0.4 is 5.32 Å². The predicted molar refractivity (Wildman–Crippen MR) is 68.6 cm³/mol. The molecule has 2 N–H and O–H groups in total. The first kappa shape index (κ1) is 10.1. The Morgan fingerprint density at radius 3 is 2.65 bits per heavy atom. The molecule has 5 heteroatoms. The van der Waals surface area contributed by atoms with Crippen molar-refractivity contribution in [3.63, 3.8) is 0 Å². The van der Waals surface area contributed by atoms with E-state index in [0.29, 0.717) is 16.7 Å². The maximum Gasteiger partial charge on any atom is 0.207 e. The monoisotopic (exact) mass is 244 g/mol. The molecule has 0 saturated carbocycles. The van der Waals surface area contributed by atoms with E-state index in [1.165, 1.54) is 0 Å². The number of halogens is 1. The van der Waals surface area contributed by atoms with E-state index in [4.69, 9.17) is 11.6 Å². The summed E-state index contributed by atoms with van der Waals surface area (Å²) in [5, 5.41) is 3.60. The fourth-order valence-corrected chi connectivity index (χ4v) is 1.73. The number of H-pyrrole nitrogens is 1. The first-order valence-electron chi connectivity index (χ1n) is 5.15. The average Bonchev–Trinajstić information content (AvgIpc) is 2.71. The molecule has 3 aromatic rings. The van der Waals surface area contributed by atoms with Crippen LogP contribution in [0.3, 0.4) is 0 Å². The second kappa shape index (κ2) is 4.07. The average molecular weight is 245 g/mol. The number of nitrogens with one attached hydrogen (secondary N) is 2. The minimum Gasteiger partial charge on any atom is -0.326 e. The van der Waals surface area contributed by atoms with Gasteiger partial charge in [0.1, 0.15) is 5.15 Å². The van der Waals surface area contributed by atoms with Gasteiger partial charge in [0.2, 0.25) is 5.95 Å². The molecule has 84 valence electrons. The highest BCUT2D eigenvalue weighted by Crippen LogP contribution is 2.18. The van der Waals surface area contributed by atoms with Crippen LogP contribution in [0.5, 0.6) is 0 Å². The topological polar surface area (TPSA) is 53.6 Å². The lowest BCUT2D eigenvalue weighted by atomic mass is 10.3. The Morgan fingerprint density at radius 1 is 1.00 bits per heavy atom. The number of para-hydroxylation sites is 1. The highest BCUT2D eigenvalue weighted by Gasteiger charge is 2.04. The summed E-state index contributed by atoms with van der Waals surface area (Å²) in [6.07, 6.45) is 0. The van der Waals surface area contributed by atoms with Gasteiger partial charge in [0.05, 0.1) is 5.52 Å². The molecule has 1 aromatic carbocycles. The largest absolute Gasteiger partial charge is 0.326 e. The van der Waals surface area contributed by atoms with E-state index in [1.54, 1.807) is 6.07 Å². The Morgan fingerprint density at radius 2 is 1.82 bits per heavy atom. The molecular weight excluding hydrogens is 236 g/mol. The molecule has 17 heavy (non-hydrogen) atoms. The number of hydrogen-bond donors (Lipinski definition) is 2. The molecule has 0 atom stereocenters. The van der Waals surface area contributed by atoms with Gasteiger partial charge in [-0.3, -0.25) is 0 Å². The Kier molecular flexibility index (Phi) is 2.42. The summed E-state index contributed by atoms with van der Waals surface area (Å²) in [6, 6.07) is 13.4. The van der Waals surface area contributed by atoms with E-state index in [9.17, 15) is 0 Å². The maximum absolute atomic E-state index is 5.80. The minimum absolute atomic E-state index is 0.440. The SMILES string of the molecule is Clc1ccc2[nH]c(Nc3ccccc3)nc2n1. The third-order valence-electron chi connectivity index (χ3n) is 2.35. The molecule has 0 bridgehead atoms. The van der Waals surface area contributed by atoms with E-state index in [0.717, 1.165) is 11.2 Å². The van der Waals surface area contributed by atoms with Crippen molar-refractivity contribution in [3.05, 3.63) is 47.6 Å². The van der Waals surface area contributed by atoms with Gasteiger partial charge in [0.25, 0.3) is 0 Å². The molecule has 0 saturated heterocycles.